The lowest BCUT2D eigenvalue weighted by atomic mass is 9.87. The molecule has 7 nitrogen and oxygen atoms in total. The summed E-state index contributed by atoms with van der Waals surface area (Å²) in [5, 5.41) is 15.7. The number of unbranched alkanes of at least 4 members (excludes halogenated alkanes) is 4. The van der Waals surface area contributed by atoms with E-state index < -0.39 is 12.0 Å². The molecule has 0 spiro atoms. The average Bonchev–Trinajstić information content (AvgIpc) is 2.76. The van der Waals surface area contributed by atoms with E-state index in [1.165, 1.54) is 12.0 Å². The number of anilines is 1. The van der Waals surface area contributed by atoms with Crippen LogP contribution < -0.4 is 10.6 Å². The van der Waals surface area contributed by atoms with Gasteiger partial charge in [-0.15, -0.1) is 0 Å². The molecule has 1 amide bonds. The fourth-order valence-corrected chi connectivity index (χ4v) is 4.70. The van der Waals surface area contributed by atoms with Gasteiger partial charge in [-0.25, -0.2) is 9.78 Å². The zero-order valence-electron chi connectivity index (χ0n) is 19.6. The first kappa shape index (κ1) is 24.5. The van der Waals surface area contributed by atoms with Crippen LogP contribution in [-0.2, 0) is 27.2 Å². The largest absolute Gasteiger partial charge is 0.480 e. The van der Waals surface area contributed by atoms with E-state index in [1.807, 2.05) is 13.8 Å². The molecular weight excluding hydrogens is 406 g/mol. The molecule has 2 atom stereocenters. The van der Waals surface area contributed by atoms with Crippen LogP contribution in [-0.4, -0.2) is 46.8 Å². The second-order valence-corrected chi connectivity index (χ2v) is 9.84. The van der Waals surface area contributed by atoms with Gasteiger partial charge in [0.05, 0.1) is 5.60 Å². The first-order chi connectivity index (χ1) is 15.3. The number of rotatable bonds is 11. The van der Waals surface area contributed by atoms with Crippen LogP contribution in [0.15, 0.2) is 12.1 Å². The summed E-state index contributed by atoms with van der Waals surface area (Å²) < 4.78 is 5.66. The van der Waals surface area contributed by atoms with Crippen LogP contribution in [0.3, 0.4) is 0 Å². The fraction of sp³-hybridized carbons (Fsp3) is 0.720. The van der Waals surface area contributed by atoms with Crippen LogP contribution in [0, 0.1) is 5.92 Å². The number of amides is 1. The van der Waals surface area contributed by atoms with Crippen molar-refractivity contribution in [3.05, 3.63) is 23.4 Å². The lowest BCUT2D eigenvalue weighted by Gasteiger charge is -2.35. The second kappa shape index (κ2) is 11.6. The van der Waals surface area contributed by atoms with E-state index in [0.717, 1.165) is 63.0 Å². The number of carbonyl (C=O) groups excluding carboxylic acids is 1. The molecular formula is C25H39N3O4. The monoisotopic (exact) mass is 445 g/mol. The quantitative estimate of drug-likeness (QED) is 0.444. The molecule has 0 saturated carbocycles. The number of nitrogens with one attached hydrogen (secondary N) is 2. The van der Waals surface area contributed by atoms with Gasteiger partial charge in [0.2, 0.25) is 5.91 Å². The minimum atomic E-state index is -0.947. The number of carboxylic acids is 1. The van der Waals surface area contributed by atoms with E-state index >= 15 is 0 Å². The molecule has 0 radical (unpaired) electrons. The van der Waals surface area contributed by atoms with Gasteiger partial charge in [0.25, 0.3) is 0 Å². The number of carboxylic acid groups (broad SMARTS) is 1. The molecule has 0 aliphatic carbocycles. The Morgan fingerprint density at radius 1 is 1.25 bits per heavy atom. The van der Waals surface area contributed by atoms with E-state index in [2.05, 4.69) is 22.8 Å². The Bertz CT molecular complexity index is 780. The van der Waals surface area contributed by atoms with E-state index in [0.29, 0.717) is 25.9 Å². The standard InChI is InChI=1S/C25H39N3O4/c1-25(2)17-19(14-16-32-25)23(29)28-21(24(30)31)11-7-5-3-4-6-10-20-13-12-18-9-8-15-26-22(18)27-20/h12-13,19,21H,3-11,14-17H2,1-2H3,(H,26,27)(H,28,29)(H,30,31)/t19?,21-/m0/s1. The molecule has 0 bridgehead atoms. The summed E-state index contributed by atoms with van der Waals surface area (Å²) in [5.74, 6) is -0.217. The Morgan fingerprint density at radius 2 is 2.03 bits per heavy atom. The average molecular weight is 446 g/mol. The van der Waals surface area contributed by atoms with Gasteiger partial charge in [0.1, 0.15) is 11.9 Å². The van der Waals surface area contributed by atoms with Crippen LogP contribution in [0.2, 0.25) is 0 Å². The summed E-state index contributed by atoms with van der Waals surface area (Å²) in [4.78, 5) is 28.9. The third-order valence-electron chi connectivity index (χ3n) is 6.56. The molecule has 0 aromatic carbocycles. The van der Waals surface area contributed by atoms with Crippen molar-refractivity contribution in [2.75, 3.05) is 18.5 Å². The summed E-state index contributed by atoms with van der Waals surface area (Å²) in [6.07, 6.45) is 10.1. The number of aromatic nitrogens is 1. The Morgan fingerprint density at radius 3 is 2.81 bits per heavy atom. The zero-order valence-corrected chi connectivity index (χ0v) is 19.6. The van der Waals surface area contributed by atoms with Crippen molar-refractivity contribution in [3.8, 4) is 0 Å². The van der Waals surface area contributed by atoms with Gasteiger partial charge in [-0.05, 0) is 70.4 Å². The van der Waals surface area contributed by atoms with Gasteiger partial charge in [0.15, 0.2) is 0 Å². The maximum absolute atomic E-state index is 12.6. The Balaban J connectivity index is 1.31. The molecule has 2 aliphatic heterocycles. The molecule has 3 heterocycles. The number of ether oxygens (including phenoxy) is 1. The molecule has 3 N–H and O–H groups in total. The zero-order chi connectivity index (χ0) is 23.0. The van der Waals surface area contributed by atoms with Crippen molar-refractivity contribution in [2.24, 2.45) is 5.92 Å². The number of fused-ring (bicyclic) bond motifs is 1. The number of hydrogen-bond acceptors (Lipinski definition) is 5. The number of pyridine rings is 1. The molecule has 1 saturated heterocycles. The topological polar surface area (TPSA) is 101 Å². The first-order valence-corrected chi connectivity index (χ1v) is 12.2. The highest BCUT2D eigenvalue weighted by molar-refractivity contribution is 5.85. The summed E-state index contributed by atoms with van der Waals surface area (Å²) in [7, 11) is 0. The van der Waals surface area contributed by atoms with Crippen molar-refractivity contribution in [1.29, 1.82) is 0 Å². The van der Waals surface area contributed by atoms with Gasteiger partial charge in [-0.3, -0.25) is 4.79 Å². The number of hydrogen-bond donors (Lipinski definition) is 3. The lowest BCUT2D eigenvalue weighted by Crippen LogP contribution is -2.47. The van der Waals surface area contributed by atoms with E-state index in [-0.39, 0.29) is 17.4 Å². The molecule has 7 heteroatoms. The van der Waals surface area contributed by atoms with Crippen LogP contribution in [0.1, 0.15) is 82.9 Å². The van der Waals surface area contributed by atoms with Crippen LogP contribution in [0.25, 0.3) is 0 Å². The summed E-state index contributed by atoms with van der Waals surface area (Å²) in [6.45, 7) is 5.49. The molecule has 1 fully saturated rings. The maximum Gasteiger partial charge on any atom is 0.326 e. The smallest absolute Gasteiger partial charge is 0.326 e. The highest BCUT2D eigenvalue weighted by atomic mass is 16.5. The second-order valence-electron chi connectivity index (χ2n) is 9.84. The lowest BCUT2D eigenvalue weighted by molar-refractivity contribution is -0.145. The van der Waals surface area contributed by atoms with Crippen LogP contribution in [0.4, 0.5) is 5.82 Å². The van der Waals surface area contributed by atoms with Gasteiger partial charge >= 0.3 is 5.97 Å². The third kappa shape index (κ3) is 7.47. The van der Waals surface area contributed by atoms with Crippen LogP contribution in [0.5, 0.6) is 0 Å². The Labute approximate surface area is 191 Å². The van der Waals surface area contributed by atoms with Gasteiger partial charge in [-0.2, -0.15) is 0 Å². The fourth-order valence-electron chi connectivity index (χ4n) is 4.70. The van der Waals surface area contributed by atoms with E-state index in [9.17, 15) is 14.7 Å². The summed E-state index contributed by atoms with van der Waals surface area (Å²) in [6, 6.07) is 3.54. The SMILES string of the molecule is CC1(C)CC(C(=O)N[C@@H](CCCCCCCc2ccc3c(n2)NCCC3)C(=O)O)CCO1. The van der Waals surface area contributed by atoms with Crippen molar-refractivity contribution in [2.45, 2.75) is 96.1 Å². The highest BCUT2D eigenvalue weighted by Crippen LogP contribution is 2.28. The number of aryl methyl sites for hydroxylation is 2. The molecule has 1 aromatic heterocycles. The summed E-state index contributed by atoms with van der Waals surface area (Å²) in [5.41, 5.74) is 2.13. The van der Waals surface area contributed by atoms with Crippen molar-refractivity contribution in [3.63, 3.8) is 0 Å². The van der Waals surface area contributed by atoms with E-state index in [4.69, 9.17) is 9.72 Å². The van der Waals surface area contributed by atoms with Crippen molar-refractivity contribution in [1.82, 2.24) is 10.3 Å². The Kier molecular flexibility index (Phi) is 8.91. The maximum atomic E-state index is 12.6. The molecule has 1 aromatic rings. The normalized spacial score (nSPS) is 20.6. The minimum Gasteiger partial charge on any atom is -0.480 e. The van der Waals surface area contributed by atoms with Crippen molar-refractivity contribution < 1.29 is 19.4 Å². The number of aliphatic carboxylic acids is 1. The van der Waals surface area contributed by atoms with Crippen LogP contribution >= 0.6 is 0 Å². The first-order valence-electron chi connectivity index (χ1n) is 12.2. The summed E-state index contributed by atoms with van der Waals surface area (Å²) >= 11 is 0. The van der Waals surface area contributed by atoms with Gasteiger partial charge in [0, 0.05) is 24.8 Å². The van der Waals surface area contributed by atoms with Gasteiger partial charge < -0.3 is 20.5 Å². The molecule has 178 valence electrons. The highest BCUT2D eigenvalue weighted by Gasteiger charge is 2.34. The number of carbonyl (C=O) groups is 2. The minimum absolute atomic E-state index is 0.152. The molecule has 3 rings (SSSR count). The predicted molar refractivity (Wildman–Crippen MR) is 125 cm³/mol. The predicted octanol–water partition coefficient (Wildman–Crippen LogP) is 4.10. The van der Waals surface area contributed by atoms with Gasteiger partial charge in [-0.1, -0.05) is 31.7 Å². The molecule has 1 unspecified atom stereocenters. The number of nitrogens with zero attached hydrogens (tertiary/aromatic N) is 1. The third-order valence-corrected chi connectivity index (χ3v) is 6.56. The molecule has 32 heavy (non-hydrogen) atoms. The van der Waals surface area contributed by atoms with E-state index in [1.54, 1.807) is 0 Å². The molecule has 2 aliphatic rings. The van der Waals surface area contributed by atoms with Crippen molar-refractivity contribution >= 4 is 17.7 Å². The Hall–Kier alpha value is -2.15.